The molecule has 1 aliphatic heterocycles. The van der Waals surface area contributed by atoms with Gasteiger partial charge in [-0.05, 0) is 141 Å². The van der Waals surface area contributed by atoms with Gasteiger partial charge in [0.25, 0.3) is 11.8 Å². The second-order valence-corrected chi connectivity index (χ2v) is 29.4. The van der Waals surface area contributed by atoms with E-state index in [2.05, 4.69) is 74.4 Å². The molecule has 95 heavy (non-hydrogen) atoms. The van der Waals surface area contributed by atoms with Crippen molar-refractivity contribution in [2.75, 3.05) is 82.7 Å². The van der Waals surface area contributed by atoms with Crippen molar-refractivity contribution >= 4 is 91.4 Å². The van der Waals surface area contributed by atoms with Crippen molar-refractivity contribution in [1.82, 2.24) is 50.8 Å². The minimum atomic E-state index is -1.15. The van der Waals surface area contributed by atoms with Gasteiger partial charge in [-0.25, -0.2) is 19.6 Å². The Balaban J connectivity index is 0.712. The molecule has 0 radical (unpaired) electrons. The molecule has 8 N–H and O–H groups in total. The molecule has 4 bridgehead atoms. The summed E-state index contributed by atoms with van der Waals surface area (Å²) in [7, 11) is 6.20. The number of nitrogens with zero attached hydrogens (tertiary/aromatic N) is 9. The van der Waals surface area contributed by atoms with Crippen LogP contribution in [-0.2, 0) is 46.5 Å². The molecule has 26 heteroatoms. The number of likely N-dealkylation sites (N-methyl/N-ethyl adjacent to an activating group) is 1. The van der Waals surface area contributed by atoms with Crippen LogP contribution in [0.2, 0.25) is 0 Å². The van der Waals surface area contributed by atoms with Crippen molar-refractivity contribution in [2.24, 2.45) is 33.8 Å². The highest BCUT2D eigenvalue weighted by molar-refractivity contribution is 7.22. The zero-order chi connectivity index (χ0) is 68.0. The predicted molar refractivity (Wildman–Crippen MR) is 362 cm³/mol. The largest absolute Gasteiger partial charge is 0.476 e. The van der Waals surface area contributed by atoms with E-state index in [1.807, 2.05) is 94.4 Å². The Bertz CT molecular complexity index is 3820. The topological polar surface area (TPSA) is 320 Å². The number of anilines is 5. The van der Waals surface area contributed by atoms with E-state index in [0.717, 1.165) is 89.1 Å². The summed E-state index contributed by atoms with van der Waals surface area (Å²) in [5.41, 5.74) is 10.6. The number of aromatic carboxylic acids is 1. The number of carbonyl (C=O) groups excluding carboxylic acids is 6. The molecule has 0 saturated heterocycles. The molecule has 11 rings (SSSR count). The van der Waals surface area contributed by atoms with E-state index in [-0.39, 0.29) is 84.4 Å². The number of carboxylic acids is 1. The van der Waals surface area contributed by atoms with Crippen molar-refractivity contribution < 1.29 is 52.6 Å². The van der Waals surface area contributed by atoms with Crippen molar-refractivity contribution in [1.29, 1.82) is 0 Å². The number of nitrogens with one attached hydrogen (secondary N) is 5. The van der Waals surface area contributed by atoms with E-state index in [9.17, 15) is 38.7 Å². The number of imide groups is 1. The standard InChI is InChI=1S/C69H89N15O10S/c1-43(2)59(77-55(85)24-28-93-29-26-82-57(87)22-23-58(82)88)62(89)72-33-47(13-12-25-71-64(70)92)32-56(86)74-48-18-16-46(17-19-48)35-84(8,9)27-30-94-69-39-66(5)36-67(6,40-69)38-68(37-66,41-69)42-83-45(4)50(34-73-83)49-20-21-53(76-60(49)63(90)91)81(7)54-31-44(3)61(80-79-54)78-65-75-51-14-10-11-15-52(51)95-65/h10-11,14-23,31,34,43,47,59H,12-13,24-30,32-33,35-42H2,1-9H3,(H7-,70,71,72,74,75,77,78,80,85,86,89,90,91,92)/p+1/t47-,59-,66-,67+,68?,69?/m0/s1. The lowest BCUT2D eigenvalue weighted by Crippen LogP contribution is -2.64. The van der Waals surface area contributed by atoms with Gasteiger partial charge in [-0.15, -0.1) is 10.2 Å². The number of para-hydroxylation sites is 1. The summed E-state index contributed by atoms with van der Waals surface area (Å²) < 4.78 is 16.5. The number of amides is 7. The molecular weight excluding hydrogens is 1230 g/mol. The lowest BCUT2D eigenvalue weighted by Gasteiger charge is -2.69. The number of hydrogen-bond donors (Lipinski definition) is 7. The molecule has 4 fully saturated rings. The quantitative estimate of drug-likeness (QED) is 0.0118. The van der Waals surface area contributed by atoms with Gasteiger partial charge in [-0.2, -0.15) is 5.10 Å². The summed E-state index contributed by atoms with van der Waals surface area (Å²) in [6.45, 7) is 15.8. The molecule has 7 amide bonds. The van der Waals surface area contributed by atoms with E-state index in [1.165, 1.54) is 23.5 Å². The Morgan fingerprint density at radius 3 is 2.25 bits per heavy atom. The highest BCUT2D eigenvalue weighted by Crippen LogP contribution is 2.72. The second-order valence-electron chi connectivity index (χ2n) is 28.4. The average molecular weight is 1320 g/mol. The normalized spacial score (nSPS) is 21.1. The zero-order valence-electron chi connectivity index (χ0n) is 55.9. The number of rotatable bonds is 32. The first-order valence-electron chi connectivity index (χ1n) is 32.6. The van der Waals surface area contributed by atoms with Crippen LogP contribution >= 0.6 is 11.3 Å². The number of ether oxygens (including phenoxy) is 2. The molecule has 4 saturated carbocycles. The zero-order valence-corrected chi connectivity index (χ0v) is 56.7. The van der Waals surface area contributed by atoms with Crippen molar-refractivity contribution in [3.63, 3.8) is 0 Å². The third-order valence-electron chi connectivity index (χ3n) is 19.0. The van der Waals surface area contributed by atoms with Crippen LogP contribution in [0.1, 0.15) is 119 Å². The number of carboxylic acid groups (broad SMARTS) is 1. The SMILES string of the molecule is Cc1cc(N(C)c2ccc(-c3cnn(CC45CC6(OCC[N+](C)(C)Cc7ccc(NC(=O)C[C@H](CCCNC(N)=O)CNC(=O)[C@@H](NC(=O)CCOCCN8C(=O)C=CC8=O)C(C)C)cc7)C[C@](C)(C4)C[C@](C)(C5)C6)c3C)c(C(=O)O)n2)nnc1Nc1nc2ccccc2s1. The second kappa shape index (κ2) is 28.7. The van der Waals surface area contributed by atoms with E-state index in [1.54, 1.807) is 18.1 Å². The van der Waals surface area contributed by atoms with Gasteiger partial charge >= 0.3 is 12.0 Å². The highest BCUT2D eigenvalue weighted by Gasteiger charge is 2.66. The number of fused-ring (bicyclic) bond motifs is 1. The van der Waals surface area contributed by atoms with Gasteiger partial charge in [0.15, 0.2) is 22.5 Å². The Hall–Kier alpha value is -8.72. The number of primary amides is 1. The van der Waals surface area contributed by atoms with Gasteiger partial charge in [0.05, 0.1) is 62.5 Å². The number of aromatic nitrogens is 6. The molecule has 2 unspecified atom stereocenters. The number of benzene rings is 2. The van der Waals surface area contributed by atoms with Gasteiger partial charge in [-0.3, -0.25) is 33.6 Å². The lowest BCUT2D eigenvalue weighted by atomic mass is 9.39. The Kier molecular flexibility index (Phi) is 20.9. The number of quaternary nitrogens is 1. The molecule has 0 spiro atoms. The maximum absolute atomic E-state index is 13.6. The smallest absolute Gasteiger partial charge is 0.355 e. The summed E-state index contributed by atoms with van der Waals surface area (Å²) >= 11 is 1.53. The number of nitrogens with two attached hydrogens (primary N) is 1. The van der Waals surface area contributed by atoms with E-state index >= 15 is 0 Å². The maximum atomic E-state index is 13.6. The Morgan fingerprint density at radius 1 is 0.842 bits per heavy atom. The number of hydrogen-bond acceptors (Lipinski definition) is 17. The van der Waals surface area contributed by atoms with Gasteiger partial charge in [0.1, 0.15) is 24.9 Å². The first kappa shape index (κ1) is 69.1. The molecule has 5 heterocycles. The third-order valence-corrected chi connectivity index (χ3v) is 19.9. The fourth-order valence-electron chi connectivity index (χ4n) is 15.6. The average Bonchev–Trinajstić information content (AvgIpc) is 1.07. The van der Waals surface area contributed by atoms with Crippen molar-refractivity contribution in [3.8, 4) is 11.1 Å². The van der Waals surface area contributed by atoms with Crippen LogP contribution in [0.5, 0.6) is 0 Å². The minimum absolute atomic E-state index is 0.0243. The van der Waals surface area contributed by atoms with Gasteiger partial charge in [0.2, 0.25) is 17.7 Å². The molecule has 5 aliphatic rings. The monoisotopic (exact) mass is 1320 g/mol. The van der Waals surface area contributed by atoms with Crippen LogP contribution in [0, 0.1) is 41.9 Å². The third kappa shape index (κ3) is 17.0. The van der Waals surface area contributed by atoms with E-state index in [4.69, 9.17) is 25.3 Å². The summed E-state index contributed by atoms with van der Waals surface area (Å²) in [6, 6.07) is 19.7. The molecule has 2 aromatic carbocycles. The number of aryl methyl sites for hydroxylation is 1. The maximum Gasteiger partial charge on any atom is 0.355 e. The number of thiazole rings is 1. The molecule has 4 aliphatic carbocycles. The first-order valence-corrected chi connectivity index (χ1v) is 33.5. The van der Waals surface area contributed by atoms with Gasteiger partial charge in [-0.1, -0.05) is 63.3 Å². The summed E-state index contributed by atoms with van der Waals surface area (Å²) in [4.78, 5) is 100. The van der Waals surface area contributed by atoms with Crippen molar-refractivity contribution in [2.45, 2.75) is 130 Å². The van der Waals surface area contributed by atoms with E-state index < -0.39 is 41.7 Å². The summed E-state index contributed by atoms with van der Waals surface area (Å²) in [5, 5.41) is 39.9. The van der Waals surface area contributed by atoms with Crippen LogP contribution in [0.15, 0.2) is 85.1 Å². The molecular formula is C69H90N15O10S+. The Morgan fingerprint density at radius 2 is 1.57 bits per heavy atom. The van der Waals surface area contributed by atoms with Crippen LogP contribution in [-0.4, -0.2) is 165 Å². The van der Waals surface area contributed by atoms with E-state index in [0.29, 0.717) is 70.9 Å². The minimum Gasteiger partial charge on any atom is -0.476 e. The first-order chi connectivity index (χ1) is 45.1. The molecule has 6 atom stereocenters. The number of urea groups is 1. The van der Waals surface area contributed by atoms with Crippen LogP contribution in [0.25, 0.3) is 21.3 Å². The van der Waals surface area contributed by atoms with Gasteiger partial charge in [0, 0.05) is 79.7 Å². The van der Waals surface area contributed by atoms with Crippen LogP contribution in [0.3, 0.4) is 0 Å². The summed E-state index contributed by atoms with van der Waals surface area (Å²) in [6.07, 6.45) is 11.4. The predicted octanol–water partition coefficient (Wildman–Crippen LogP) is 8.57. The molecule has 4 aromatic heterocycles. The Labute approximate surface area is 558 Å². The molecule has 25 nitrogen and oxygen atoms in total. The highest BCUT2D eigenvalue weighted by atomic mass is 32.1. The van der Waals surface area contributed by atoms with Gasteiger partial charge < -0.3 is 56.3 Å². The molecule has 6 aromatic rings. The molecule has 506 valence electrons. The lowest BCUT2D eigenvalue weighted by molar-refractivity contribution is -0.904. The van der Waals surface area contributed by atoms with Crippen molar-refractivity contribution in [3.05, 3.63) is 108 Å². The van der Waals surface area contributed by atoms with Crippen LogP contribution in [0.4, 0.5) is 33.1 Å². The summed E-state index contributed by atoms with van der Waals surface area (Å²) in [5.74, 6) is -2.12. The fraction of sp³-hybridized carbons (Fsp3) is 0.507. The van der Waals surface area contributed by atoms with Crippen LogP contribution < -0.4 is 37.2 Å². The fourth-order valence-corrected chi connectivity index (χ4v) is 16.5. The number of carbonyl (C=O) groups is 7. The number of pyridine rings is 1.